The number of anilines is 1. The van der Waals surface area contributed by atoms with Crippen molar-refractivity contribution in [3.05, 3.63) is 126 Å². The molecule has 0 aliphatic rings. The van der Waals surface area contributed by atoms with Crippen LogP contribution in [0.3, 0.4) is 0 Å². The minimum atomic E-state index is -4.73. The molecule has 3 heterocycles. The van der Waals surface area contributed by atoms with Crippen LogP contribution in [-0.2, 0) is 12.7 Å². The van der Waals surface area contributed by atoms with Crippen molar-refractivity contribution in [2.24, 2.45) is 0 Å². The number of alkyl halides is 3. The zero-order valence-corrected chi connectivity index (χ0v) is 21.9. The van der Waals surface area contributed by atoms with E-state index in [2.05, 4.69) is 20.5 Å². The molecule has 0 atom stereocenters. The van der Waals surface area contributed by atoms with Crippen LogP contribution in [0.1, 0.15) is 21.7 Å². The predicted molar refractivity (Wildman–Crippen MR) is 154 cm³/mol. The van der Waals surface area contributed by atoms with Crippen molar-refractivity contribution in [1.29, 1.82) is 0 Å². The number of carbonyl (C=O) groups is 1. The Kier molecular flexibility index (Phi) is 5.97. The smallest absolute Gasteiger partial charge is 0.318 e. The average Bonchev–Trinajstić information content (AvgIpc) is 3.63. The van der Waals surface area contributed by atoms with Crippen LogP contribution in [0.15, 0.2) is 109 Å². The Bertz CT molecular complexity index is 2120. The number of carbonyl (C=O) groups excluding carboxylic acids is 1. The highest BCUT2D eigenvalue weighted by Gasteiger charge is 2.35. The lowest BCUT2D eigenvalue weighted by molar-refractivity contribution is -0.142. The lowest BCUT2D eigenvalue weighted by atomic mass is 10.0. The van der Waals surface area contributed by atoms with E-state index in [0.29, 0.717) is 22.3 Å². The number of nitrogens with zero attached hydrogens (tertiary/aromatic N) is 5. The second-order valence-electron chi connectivity index (χ2n) is 9.90. The number of hydrogen-bond donors (Lipinski definition) is 1. The molecule has 4 aromatic carbocycles. The van der Waals surface area contributed by atoms with Gasteiger partial charge in [0.05, 0.1) is 24.1 Å². The number of aromatic nitrogens is 5. The molecule has 0 unspecified atom stereocenters. The molecule has 0 saturated carbocycles. The van der Waals surface area contributed by atoms with Gasteiger partial charge in [0, 0.05) is 17.8 Å². The van der Waals surface area contributed by atoms with Gasteiger partial charge in [-0.15, -0.1) is 0 Å². The molecule has 0 fully saturated rings. The molecular formula is C32H21F3N6O. The molecule has 42 heavy (non-hydrogen) atoms. The molecular weight excluding hydrogens is 541 g/mol. The van der Waals surface area contributed by atoms with Gasteiger partial charge in [0.1, 0.15) is 0 Å². The van der Waals surface area contributed by atoms with E-state index < -0.39 is 17.8 Å². The van der Waals surface area contributed by atoms with E-state index >= 15 is 0 Å². The van der Waals surface area contributed by atoms with Crippen LogP contribution in [0.25, 0.3) is 38.4 Å². The maximum absolute atomic E-state index is 14.1. The third-order valence-electron chi connectivity index (χ3n) is 7.10. The van der Waals surface area contributed by atoms with E-state index in [4.69, 9.17) is 0 Å². The summed E-state index contributed by atoms with van der Waals surface area (Å²) >= 11 is 0. The molecule has 1 amide bonds. The van der Waals surface area contributed by atoms with Gasteiger partial charge in [0.25, 0.3) is 5.91 Å². The number of nitrogens with one attached hydrogen (secondary N) is 1. The van der Waals surface area contributed by atoms with E-state index in [1.807, 2.05) is 72.8 Å². The quantitative estimate of drug-likeness (QED) is 0.240. The molecule has 10 heteroatoms. The van der Waals surface area contributed by atoms with Gasteiger partial charge in [0.15, 0.2) is 17.0 Å². The van der Waals surface area contributed by atoms with Gasteiger partial charge in [0.2, 0.25) is 0 Å². The van der Waals surface area contributed by atoms with Crippen molar-refractivity contribution in [2.45, 2.75) is 12.7 Å². The minimum Gasteiger partial charge on any atom is -0.318 e. The molecule has 0 spiro atoms. The first-order valence-electron chi connectivity index (χ1n) is 13.1. The number of benzene rings is 4. The van der Waals surface area contributed by atoms with Gasteiger partial charge in [-0.1, -0.05) is 78.9 Å². The van der Waals surface area contributed by atoms with Crippen LogP contribution < -0.4 is 5.32 Å². The largest absolute Gasteiger partial charge is 0.433 e. The third-order valence-corrected chi connectivity index (χ3v) is 7.10. The number of amides is 1. The van der Waals surface area contributed by atoms with Crippen molar-refractivity contribution in [3.8, 4) is 11.3 Å². The molecule has 0 bridgehead atoms. The zero-order valence-electron chi connectivity index (χ0n) is 21.9. The summed E-state index contributed by atoms with van der Waals surface area (Å²) in [5, 5.41) is 15.0. The number of fused-ring (bicyclic) bond motifs is 3. The van der Waals surface area contributed by atoms with Crippen LogP contribution in [-0.4, -0.2) is 30.3 Å². The lowest BCUT2D eigenvalue weighted by Crippen LogP contribution is -2.15. The molecule has 1 N–H and O–H groups in total. The molecule has 0 radical (unpaired) electrons. The van der Waals surface area contributed by atoms with Crippen molar-refractivity contribution < 1.29 is 18.0 Å². The normalized spacial score (nSPS) is 11.9. The molecule has 0 aliphatic carbocycles. The van der Waals surface area contributed by atoms with Gasteiger partial charge < -0.3 is 5.32 Å². The lowest BCUT2D eigenvalue weighted by Gasteiger charge is -2.11. The molecule has 7 nitrogen and oxygen atoms in total. The third kappa shape index (κ3) is 4.72. The highest BCUT2D eigenvalue weighted by atomic mass is 19.4. The van der Waals surface area contributed by atoms with Gasteiger partial charge in [-0.05, 0) is 39.2 Å². The predicted octanol–water partition coefficient (Wildman–Crippen LogP) is 7.22. The van der Waals surface area contributed by atoms with E-state index in [1.54, 1.807) is 23.0 Å². The van der Waals surface area contributed by atoms with Gasteiger partial charge in [-0.2, -0.15) is 23.4 Å². The molecule has 0 saturated heterocycles. The first-order chi connectivity index (χ1) is 20.3. The van der Waals surface area contributed by atoms with Crippen molar-refractivity contribution in [2.75, 3.05) is 5.32 Å². The molecule has 3 aromatic heterocycles. The SMILES string of the molecule is O=C(Nc1cnn(Cc2cccc3ccccc23)c1)c1cc2nc(-c3ccc4ccccc4c3)cc(C(F)(F)F)n2n1. The second-order valence-corrected chi connectivity index (χ2v) is 9.90. The first kappa shape index (κ1) is 25.5. The Hall–Kier alpha value is -5.51. The monoisotopic (exact) mass is 562 g/mol. The fraction of sp³-hybridized carbons (Fsp3) is 0.0625. The standard InChI is InChI=1S/C32H21F3N6O/c33-32(34,35)29-15-27(23-13-12-20-6-1-2-8-22(20)14-23)38-30-16-28(39-41(29)30)31(42)37-25-17-36-40(19-25)18-24-10-5-9-21-7-3-4-11-26(21)24/h1-17,19H,18H2,(H,37,42). The van der Waals surface area contributed by atoms with Crippen LogP contribution in [0, 0.1) is 0 Å². The maximum Gasteiger partial charge on any atom is 0.433 e. The van der Waals surface area contributed by atoms with E-state index in [1.165, 1.54) is 12.3 Å². The molecule has 0 aliphatic heterocycles. The van der Waals surface area contributed by atoms with Crippen molar-refractivity contribution in [1.82, 2.24) is 24.4 Å². The van der Waals surface area contributed by atoms with Gasteiger partial charge in [-0.25, -0.2) is 9.50 Å². The number of hydrogen-bond acceptors (Lipinski definition) is 4. The van der Waals surface area contributed by atoms with E-state index in [9.17, 15) is 18.0 Å². The van der Waals surface area contributed by atoms with Crippen LogP contribution in [0.2, 0.25) is 0 Å². The number of halogens is 3. The summed E-state index contributed by atoms with van der Waals surface area (Å²) < 4.78 is 44.6. The summed E-state index contributed by atoms with van der Waals surface area (Å²) in [7, 11) is 0. The minimum absolute atomic E-state index is 0.0928. The summed E-state index contributed by atoms with van der Waals surface area (Å²) in [6.07, 6.45) is -1.59. The van der Waals surface area contributed by atoms with Gasteiger partial charge >= 0.3 is 6.18 Å². The fourth-order valence-corrected chi connectivity index (χ4v) is 5.10. The highest BCUT2D eigenvalue weighted by Crippen LogP contribution is 2.33. The summed E-state index contributed by atoms with van der Waals surface area (Å²) in [6.45, 7) is 0.474. The van der Waals surface area contributed by atoms with Gasteiger partial charge in [-0.3, -0.25) is 9.48 Å². The first-order valence-corrected chi connectivity index (χ1v) is 13.1. The van der Waals surface area contributed by atoms with Crippen LogP contribution in [0.4, 0.5) is 18.9 Å². The molecule has 7 rings (SSSR count). The zero-order chi connectivity index (χ0) is 28.8. The Balaban J connectivity index is 1.18. The van der Waals surface area contributed by atoms with E-state index in [-0.39, 0.29) is 17.0 Å². The van der Waals surface area contributed by atoms with Crippen LogP contribution in [0.5, 0.6) is 0 Å². The molecule has 7 aromatic rings. The Labute approximate surface area is 236 Å². The second kappa shape index (κ2) is 9.84. The van der Waals surface area contributed by atoms with E-state index in [0.717, 1.165) is 33.2 Å². The summed E-state index contributed by atoms with van der Waals surface area (Å²) in [6, 6.07) is 29.1. The number of rotatable bonds is 5. The Morgan fingerprint density at radius 3 is 2.43 bits per heavy atom. The summed E-state index contributed by atoms with van der Waals surface area (Å²) in [5.74, 6) is -0.675. The topological polar surface area (TPSA) is 77.1 Å². The Morgan fingerprint density at radius 2 is 1.60 bits per heavy atom. The van der Waals surface area contributed by atoms with Crippen LogP contribution >= 0.6 is 0 Å². The fourth-order valence-electron chi connectivity index (χ4n) is 5.10. The van der Waals surface area contributed by atoms with Crippen molar-refractivity contribution >= 4 is 38.8 Å². The summed E-state index contributed by atoms with van der Waals surface area (Å²) in [5.41, 5.74) is 0.767. The van der Waals surface area contributed by atoms with Crippen molar-refractivity contribution in [3.63, 3.8) is 0 Å². The average molecular weight is 563 g/mol. The summed E-state index contributed by atoms with van der Waals surface area (Å²) in [4.78, 5) is 17.5. The Morgan fingerprint density at radius 1 is 0.833 bits per heavy atom. The maximum atomic E-state index is 14.1. The highest BCUT2D eigenvalue weighted by molar-refractivity contribution is 6.03. The molecule has 206 valence electrons.